The number of hydrogen-bond acceptors (Lipinski definition) is 1. The molecular weight excluding hydrogens is 167 g/mol. The van der Waals surface area contributed by atoms with Crippen LogP contribution in [0.2, 0.25) is 0 Å². The molecule has 1 N–H and O–H groups in total. The minimum absolute atomic E-state index is 0.453. The molecule has 0 aromatic rings. The summed E-state index contributed by atoms with van der Waals surface area (Å²) >= 11 is 0. The first-order valence-electron chi connectivity index (χ1n) is 4.28. The van der Waals surface area contributed by atoms with Gasteiger partial charge in [0.1, 0.15) is 6.04 Å². The summed E-state index contributed by atoms with van der Waals surface area (Å²) < 4.78 is 35.7. The molecule has 0 aromatic heterocycles. The van der Waals surface area contributed by atoms with Gasteiger partial charge in [0.2, 0.25) is 0 Å². The molecule has 1 nitrogen and oxygen atoms in total. The number of halogens is 3. The maximum atomic E-state index is 11.9. The molecule has 0 saturated carbocycles. The Morgan fingerprint density at radius 1 is 1.25 bits per heavy atom. The predicted molar refractivity (Wildman–Crippen MR) is 43.0 cm³/mol. The van der Waals surface area contributed by atoms with Gasteiger partial charge in [-0.05, 0) is 19.9 Å². The molecule has 0 aliphatic carbocycles. The van der Waals surface area contributed by atoms with Gasteiger partial charge >= 0.3 is 6.18 Å². The molecule has 0 bridgehead atoms. The van der Waals surface area contributed by atoms with Crippen molar-refractivity contribution in [1.82, 2.24) is 5.32 Å². The SMILES string of the molecule is CCCCCN[C@@H](C)C(F)(F)F. The lowest BCUT2D eigenvalue weighted by Crippen LogP contribution is -2.39. The molecule has 1 atom stereocenters. The van der Waals surface area contributed by atoms with Gasteiger partial charge in [-0.3, -0.25) is 0 Å². The Morgan fingerprint density at radius 2 is 1.83 bits per heavy atom. The molecule has 0 saturated heterocycles. The molecule has 74 valence electrons. The minimum Gasteiger partial charge on any atom is -0.306 e. The Morgan fingerprint density at radius 3 is 2.25 bits per heavy atom. The second-order valence-electron chi connectivity index (χ2n) is 2.92. The second-order valence-corrected chi connectivity index (χ2v) is 2.92. The van der Waals surface area contributed by atoms with Crippen LogP contribution in [0, 0.1) is 0 Å². The van der Waals surface area contributed by atoms with Gasteiger partial charge in [0.15, 0.2) is 0 Å². The van der Waals surface area contributed by atoms with Crippen LogP contribution in [0.4, 0.5) is 13.2 Å². The lowest BCUT2D eigenvalue weighted by Gasteiger charge is -2.16. The second kappa shape index (κ2) is 5.41. The van der Waals surface area contributed by atoms with Crippen molar-refractivity contribution in [3.05, 3.63) is 0 Å². The van der Waals surface area contributed by atoms with E-state index in [2.05, 4.69) is 5.32 Å². The fourth-order valence-electron chi connectivity index (χ4n) is 0.809. The zero-order chi connectivity index (χ0) is 9.61. The van der Waals surface area contributed by atoms with Crippen molar-refractivity contribution in [3.8, 4) is 0 Å². The van der Waals surface area contributed by atoms with Crippen molar-refractivity contribution in [2.45, 2.75) is 45.3 Å². The Bertz CT molecular complexity index is 111. The zero-order valence-corrected chi connectivity index (χ0v) is 7.54. The van der Waals surface area contributed by atoms with E-state index in [1.54, 1.807) is 0 Å². The number of alkyl halides is 3. The van der Waals surface area contributed by atoms with Crippen LogP contribution in [-0.2, 0) is 0 Å². The molecule has 0 aliphatic rings. The zero-order valence-electron chi connectivity index (χ0n) is 7.54. The smallest absolute Gasteiger partial charge is 0.306 e. The first kappa shape index (κ1) is 11.8. The maximum Gasteiger partial charge on any atom is 0.403 e. The van der Waals surface area contributed by atoms with E-state index in [0.29, 0.717) is 6.54 Å². The van der Waals surface area contributed by atoms with E-state index < -0.39 is 12.2 Å². The summed E-state index contributed by atoms with van der Waals surface area (Å²) in [6.45, 7) is 3.62. The molecule has 0 rings (SSSR count). The topological polar surface area (TPSA) is 12.0 Å². The highest BCUT2D eigenvalue weighted by atomic mass is 19.4. The molecular formula is C8H16F3N. The van der Waals surface area contributed by atoms with Gasteiger partial charge in [-0.1, -0.05) is 19.8 Å². The summed E-state index contributed by atoms with van der Waals surface area (Å²) in [5.74, 6) is 0. The fourth-order valence-corrected chi connectivity index (χ4v) is 0.809. The number of nitrogens with one attached hydrogen (secondary N) is 1. The lowest BCUT2D eigenvalue weighted by atomic mass is 10.2. The van der Waals surface area contributed by atoms with E-state index in [1.165, 1.54) is 0 Å². The third-order valence-electron chi connectivity index (χ3n) is 1.72. The largest absolute Gasteiger partial charge is 0.403 e. The first-order valence-corrected chi connectivity index (χ1v) is 4.28. The highest BCUT2D eigenvalue weighted by molar-refractivity contribution is 4.68. The Balaban J connectivity index is 3.38. The van der Waals surface area contributed by atoms with E-state index in [-0.39, 0.29) is 0 Å². The maximum absolute atomic E-state index is 11.9. The van der Waals surface area contributed by atoms with Gasteiger partial charge in [-0.15, -0.1) is 0 Å². The van der Waals surface area contributed by atoms with Crippen LogP contribution in [0.3, 0.4) is 0 Å². The standard InChI is InChI=1S/C8H16F3N/c1-3-4-5-6-12-7(2)8(9,10)11/h7,12H,3-6H2,1-2H3/t7-/m0/s1. The van der Waals surface area contributed by atoms with Gasteiger partial charge in [-0.25, -0.2) is 0 Å². The Hall–Kier alpha value is -0.250. The van der Waals surface area contributed by atoms with E-state index in [1.807, 2.05) is 6.92 Å². The summed E-state index contributed by atoms with van der Waals surface area (Å²) in [5, 5.41) is 2.43. The number of unbranched alkanes of at least 4 members (excludes halogenated alkanes) is 2. The average molecular weight is 183 g/mol. The minimum atomic E-state index is -4.10. The fraction of sp³-hybridized carbons (Fsp3) is 1.00. The molecule has 0 fully saturated rings. The van der Waals surface area contributed by atoms with Crippen LogP contribution < -0.4 is 5.32 Å². The summed E-state index contributed by atoms with van der Waals surface area (Å²) in [4.78, 5) is 0. The molecule has 0 spiro atoms. The number of hydrogen-bond donors (Lipinski definition) is 1. The molecule has 4 heteroatoms. The predicted octanol–water partition coefficient (Wildman–Crippen LogP) is 2.72. The van der Waals surface area contributed by atoms with E-state index in [4.69, 9.17) is 0 Å². The molecule has 0 aromatic carbocycles. The quantitative estimate of drug-likeness (QED) is 0.646. The number of rotatable bonds is 5. The van der Waals surface area contributed by atoms with Crippen molar-refractivity contribution in [2.75, 3.05) is 6.54 Å². The molecule has 0 unspecified atom stereocenters. The van der Waals surface area contributed by atoms with Gasteiger partial charge in [0.25, 0.3) is 0 Å². The molecule has 0 amide bonds. The molecule has 12 heavy (non-hydrogen) atoms. The summed E-state index contributed by atoms with van der Waals surface area (Å²) in [6, 6.07) is -1.38. The summed E-state index contributed by atoms with van der Waals surface area (Å²) in [6.07, 6.45) is -1.28. The highest BCUT2D eigenvalue weighted by Gasteiger charge is 2.35. The first-order chi connectivity index (χ1) is 5.48. The van der Waals surface area contributed by atoms with Crippen LogP contribution >= 0.6 is 0 Å². The van der Waals surface area contributed by atoms with Crippen molar-refractivity contribution < 1.29 is 13.2 Å². The van der Waals surface area contributed by atoms with Gasteiger partial charge in [0, 0.05) is 0 Å². The van der Waals surface area contributed by atoms with Crippen LogP contribution in [0.15, 0.2) is 0 Å². The Labute approximate surface area is 71.3 Å². The van der Waals surface area contributed by atoms with Crippen LogP contribution in [0.1, 0.15) is 33.1 Å². The summed E-state index contributed by atoms with van der Waals surface area (Å²) in [5.41, 5.74) is 0. The van der Waals surface area contributed by atoms with E-state index >= 15 is 0 Å². The van der Waals surface area contributed by atoms with E-state index in [9.17, 15) is 13.2 Å². The van der Waals surface area contributed by atoms with Gasteiger partial charge < -0.3 is 5.32 Å². The van der Waals surface area contributed by atoms with Crippen LogP contribution in [-0.4, -0.2) is 18.8 Å². The third-order valence-corrected chi connectivity index (χ3v) is 1.72. The third kappa shape index (κ3) is 5.41. The van der Waals surface area contributed by atoms with Crippen molar-refractivity contribution in [3.63, 3.8) is 0 Å². The molecule has 0 radical (unpaired) electrons. The van der Waals surface area contributed by atoms with Crippen molar-refractivity contribution in [1.29, 1.82) is 0 Å². The molecule has 0 heterocycles. The van der Waals surface area contributed by atoms with Crippen molar-refractivity contribution >= 4 is 0 Å². The van der Waals surface area contributed by atoms with E-state index in [0.717, 1.165) is 26.2 Å². The average Bonchev–Trinajstić information content (AvgIpc) is 1.96. The summed E-state index contributed by atoms with van der Waals surface area (Å²) in [7, 11) is 0. The normalized spacial score (nSPS) is 14.8. The Kier molecular flexibility index (Phi) is 5.29. The monoisotopic (exact) mass is 183 g/mol. The van der Waals surface area contributed by atoms with Crippen molar-refractivity contribution in [2.24, 2.45) is 0 Å². The van der Waals surface area contributed by atoms with Gasteiger partial charge in [-0.2, -0.15) is 13.2 Å². The molecule has 0 aliphatic heterocycles. The van der Waals surface area contributed by atoms with Gasteiger partial charge in [0.05, 0.1) is 0 Å². The van der Waals surface area contributed by atoms with Crippen LogP contribution in [0.5, 0.6) is 0 Å². The van der Waals surface area contributed by atoms with Crippen LogP contribution in [0.25, 0.3) is 0 Å². The highest BCUT2D eigenvalue weighted by Crippen LogP contribution is 2.19. The lowest BCUT2D eigenvalue weighted by molar-refractivity contribution is -0.151.